The smallest absolute Gasteiger partial charge is 0.331 e. The van der Waals surface area contributed by atoms with E-state index in [2.05, 4.69) is 28.8 Å². The van der Waals surface area contributed by atoms with Gasteiger partial charge in [-0.05, 0) is 61.4 Å². The minimum absolute atomic E-state index is 0.0706. The van der Waals surface area contributed by atoms with E-state index in [1.807, 2.05) is 61.5 Å². The number of likely N-dealkylation sites (tertiary alicyclic amines) is 1. The van der Waals surface area contributed by atoms with Crippen molar-refractivity contribution in [3.05, 3.63) is 90.5 Å². The number of rotatable bonds is 7. The van der Waals surface area contributed by atoms with Gasteiger partial charge in [0.25, 0.3) is 0 Å². The lowest BCUT2D eigenvalue weighted by Gasteiger charge is -2.30. The lowest BCUT2D eigenvalue weighted by atomic mass is 10.1. The number of carbonyl (C=O) groups excluding carboxylic acids is 2. The van der Waals surface area contributed by atoms with Crippen molar-refractivity contribution in [2.24, 2.45) is 0 Å². The number of hydrogen-bond donors (Lipinski definition) is 2. The van der Waals surface area contributed by atoms with Gasteiger partial charge in [0.2, 0.25) is 5.91 Å². The molecule has 0 aliphatic carbocycles. The van der Waals surface area contributed by atoms with Gasteiger partial charge in [0.15, 0.2) is 0 Å². The first kappa shape index (κ1) is 24.7. The van der Waals surface area contributed by atoms with Gasteiger partial charge in [-0.15, -0.1) is 11.3 Å². The average molecular weight is 538 g/mol. The highest BCUT2D eigenvalue weighted by atomic mass is 32.1. The van der Waals surface area contributed by atoms with Crippen LogP contribution in [0.4, 0.5) is 21.9 Å². The molecule has 0 saturated carbocycles. The van der Waals surface area contributed by atoms with Gasteiger partial charge >= 0.3 is 6.03 Å². The van der Waals surface area contributed by atoms with Crippen LogP contribution in [0.2, 0.25) is 0 Å². The maximum Gasteiger partial charge on any atom is 0.331 e. The SMILES string of the molecule is C=CC(=O)N1CC[C@@H](NC(=C)c2sc3nccc4c3c2NC(=O)N4c2ccc(Oc3ccccc3)cc2C)C1. The summed E-state index contributed by atoms with van der Waals surface area (Å²) in [5.41, 5.74) is 3.82. The number of thiophene rings is 1. The molecule has 2 aromatic heterocycles. The zero-order valence-corrected chi connectivity index (χ0v) is 22.3. The Hall–Kier alpha value is -4.63. The first-order valence-corrected chi connectivity index (χ1v) is 13.5. The summed E-state index contributed by atoms with van der Waals surface area (Å²) in [5.74, 6) is 1.37. The fraction of sp³-hybridized carbons (Fsp3) is 0.167. The number of aryl methyl sites for hydroxylation is 1. The molecular weight excluding hydrogens is 510 g/mol. The maximum absolute atomic E-state index is 13.6. The van der Waals surface area contributed by atoms with E-state index in [0.717, 1.165) is 44.2 Å². The highest BCUT2D eigenvalue weighted by molar-refractivity contribution is 7.20. The van der Waals surface area contributed by atoms with E-state index in [1.54, 1.807) is 16.0 Å². The molecular formula is C30H27N5O3S. The molecule has 196 valence electrons. The molecule has 2 aliphatic rings. The number of amides is 3. The minimum atomic E-state index is -0.258. The van der Waals surface area contributed by atoms with Crippen LogP contribution >= 0.6 is 11.3 Å². The largest absolute Gasteiger partial charge is 0.457 e. The Balaban J connectivity index is 1.29. The van der Waals surface area contributed by atoms with Crippen LogP contribution in [0.3, 0.4) is 0 Å². The molecule has 1 fully saturated rings. The van der Waals surface area contributed by atoms with Crippen LogP contribution in [-0.2, 0) is 4.79 Å². The first-order valence-electron chi connectivity index (χ1n) is 12.7. The molecule has 39 heavy (non-hydrogen) atoms. The van der Waals surface area contributed by atoms with Crippen molar-refractivity contribution in [2.75, 3.05) is 23.3 Å². The predicted molar refractivity (Wildman–Crippen MR) is 156 cm³/mol. The number of nitrogens with one attached hydrogen (secondary N) is 2. The monoisotopic (exact) mass is 537 g/mol. The Morgan fingerprint density at radius 1 is 1.18 bits per heavy atom. The van der Waals surface area contributed by atoms with Crippen molar-refractivity contribution < 1.29 is 14.3 Å². The Morgan fingerprint density at radius 2 is 2.00 bits per heavy atom. The second kappa shape index (κ2) is 9.92. The molecule has 2 N–H and O–H groups in total. The van der Waals surface area contributed by atoms with Gasteiger partial charge in [-0.1, -0.05) is 31.4 Å². The maximum atomic E-state index is 13.6. The summed E-state index contributed by atoms with van der Waals surface area (Å²) in [6.45, 7) is 11.1. The Labute approximate surface area is 230 Å². The highest BCUT2D eigenvalue weighted by Crippen LogP contribution is 2.48. The van der Waals surface area contributed by atoms with Gasteiger partial charge in [-0.2, -0.15) is 0 Å². The minimum Gasteiger partial charge on any atom is -0.457 e. The first-order chi connectivity index (χ1) is 18.9. The van der Waals surface area contributed by atoms with Crippen LogP contribution in [0.15, 0.2) is 80.0 Å². The number of anilines is 3. The number of hydrogen-bond acceptors (Lipinski definition) is 6. The van der Waals surface area contributed by atoms with Crippen LogP contribution in [-0.4, -0.2) is 41.0 Å². The number of urea groups is 1. The molecule has 2 aromatic carbocycles. The molecule has 4 aromatic rings. The van der Waals surface area contributed by atoms with Crippen LogP contribution in [0.1, 0.15) is 16.9 Å². The predicted octanol–water partition coefficient (Wildman–Crippen LogP) is 6.43. The van der Waals surface area contributed by atoms with Gasteiger partial charge in [-0.25, -0.2) is 9.78 Å². The number of ether oxygens (including phenoxy) is 1. The van der Waals surface area contributed by atoms with E-state index >= 15 is 0 Å². The molecule has 0 bridgehead atoms. The Morgan fingerprint density at radius 3 is 2.77 bits per heavy atom. The molecule has 0 radical (unpaired) electrons. The van der Waals surface area contributed by atoms with Crippen LogP contribution in [0.5, 0.6) is 11.5 Å². The van der Waals surface area contributed by atoms with E-state index in [4.69, 9.17) is 4.74 Å². The summed E-state index contributed by atoms with van der Waals surface area (Å²) in [5, 5.41) is 7.42. The van der Waals surface area contributed by atoms with Crippen LogP contribution in [0, 0.1) is 6.92 Å². The summed E-state index contributed by atoms with van der Waals surface area (Å²) in [7, 11) is 0. The van der Waals surface area contributed by atoms with Gasteiger partial charge in [-0.3, -0.25) is 9.69 Å². The molecule has 6 rings (SSSR count). The van der Waals surface area contributed by atoms with Gasteiger partial charge in [0.1, 0.15) is 16.3 Å². The second-order valence-electron chi connectivity index (χ2n) is 9.54. The fourth-order valence-corrected chi connectivity index (χ4v) is 6.18. The van der Waals surface area contributed by atoms with Gasteiger partial charge < -0.3 is 20.3 Å². The van der Waals surface area contributed by atoms with E-state index < -0.39 is 0 Å². The normalized spacial score (nSPS) is 16.2. The molecule has 1 atom stereocenters. The third-order valence-corrected chi connectivity index (χ3v) is 8.12. The second-order valence-corrected chi connectivity index (χ2v) is 10.5. The molecule has 8 nitrogen and oxygen atoms in total. The standard InChI is InChI=1S/C30H27N5O3S/c1-4-25(36)34-15-13-20(17-34)32-19(3)28-27-26-24(12-14-31-29(26)39-28)35(30(37)33-27)23-11-10-22(16-18(23)2)38-21-8-6-5-7-9-21/h4-12,14,16,20,32H,1,3,13,15,17H2,2H3,(H,33,37)/t20-/m1/s1. The summed E-state index contributed by atoms with van der Waals surface area (Å²) < 4.78 is 5.98. The zero-order valence-electron chi connectivity index (χ0n) is 21.4. The highest BCUT2D eigenvalue weighted by Gasteiger charge is 2.33. The molecule has 0 unspecified atom stereocenters. The summed E-state index contributed by atoms with van der Waals surface area (Å²) in [6.07, 6.45) is 3.88. The summed E-state index contributed by atoms with van der Waals surface area (Å²) in [6, 6.07) is 16.9. The number of benzene rings is 2. The molecule has 4 heterocycles. The lowest BCUT2D eigenvalue weighted by molar-refractivity contribution is -0.125. The quantitative estimate of drug-likeness (QED) is 0.266. The van der Waals surface area contributed by atoms with Crippen molar-refractivity contribution in [3.63, 3.8) is 0 Å². The molecule has 0 spiro atoms. The summed E-state index contributed by atoms with van der Waals surface area (Å²) in [4.78, 5) is 35.2. The van der Waals surface area contributed by atoms with Crippen molar-refractivity contribution >= 4 is 56.3 Å². The zero-order chi connectivity index (χ0) is 27.1. The van der Waals surface area contributed by atoms with E-state index in [-0.39, 0.29) is 18.0 Å². The van der Waals surface area contributed by atoms with Crippen LogP contribution < -0.4 is 20.3 Å². The van der Waals surface area contributed by atoms with Crippen molar-refractivity contribution in [1.82, 2.24) is 15.2 Å². The number of nitrogens with zero attached hydrogens (tertiary/aromatic N) is 3. The molecule has 2 aliphatic heterocycles. The Bertz CT molecular complexity index is 1630. The number of pyridine rings is 1. The van der Waals surface area contributed by atoms with Crippen molar-refractivity contribution in [2.45, 2.75) is 19.4 Å². The third-order valence-electron chi connectivity index (χ3n) is 6.96. The molecule has 3 amide bonds. The topological polar surface area (TPSA) is 86.8 Å². The Kier molecular flexibility index (Phi) is 6.28. The van der Waals surface area contributed by atoms with Gasteiger partial charge in [0.05, 0.1) is 27.3 Å². The van der Waals surface area contributed by atoms with E-state index in [1.165, 1.54) is 17.4 Å². The van der Waals surface area contributed by atoms with E-state index in [0.29, 0.717) is 30.2 Å². The average Bonchev–Trinajstić information content (AvgIpc) is 3.55. The molecule has 1 saturated heterocycles. The number of aromatic nitrogens is 1. The van der Waals surface area contributed by atoms with Gasteiger partial charge in [0, 0.05) is 31.0 Å². The van der Waals surface area contributed by atoms with Crippen molar-refractivity contribution in [3.8, 4) is 11.5 Å². The lowest BCUT2D eigenvalue weighted by Crippen LogP contribution is -2.35. The third kappa shape index (κ3) is 4.51. The fourth-order valence-electron chi connectivity index (χ4n) is 5.12. The number of para-hydroxylation sites is 1. The van der Waals surface area contributed by atoms with E-state index in [9.17, 15) is 9.59 Å². The number of carbonyl (C=O) groups is 2. The molecule has 9 heteroatoms. The van der Waals surface area contributed by atoms with Crippen molar-refractivity contribution in [1.29, 1.82) is 0 Å². The summed E-state index contributed by atoms with van der Waals surface area (Å²) >= 11 is 1.48. The van der Waals surface area contributed by atoms with Crippen LogP contribution in [0.25, 0.3) is 15.9 Å².